The van der Waals surface area contributed by atoms with Gasteiger partial charge >= 0.3 is 5.97 Å². The number of rotatable bonds is 6. The van der Waals surface area contributed by atoms with Gasteiger partial charge in [-0.15, -0.1) is 0 Å². The molecule has 4 aromatic carbocycles. The van der Waals surface area contributed by atoms with Crippen molar-refractivity contribution in [1.82, 2.24) is 0 Å². The second kappa shape index (κ2) is 11.0. The number of nitrogens with zero attached hydrogens (tertiary/aromatic N) is 1. The molecule has 8 heteroatoms. The van der Waals surface area contributed by atoms with Gasteiger partial charge in [-0.3, -0.25) is 4.79 Å². The number of anilines is 1. The van der Waals surface area contributed by atoms with Gasteiger partial charge in [-0.1, -0.05) is 65.7 Å². The van der Waals surface area contributed by atoms with Crippen molar-refractivity contribution in [2.75, 3.05) is 12.4 Å². The van der Waals surface area contributed by atoms with Crippen LogP contribution in [-0.2, 0) is 4.79 Å². The van der Waals surface area contributed by atoms with E-state index in [9.17, 15) is 14.9 Å². The molecule has 0 bridgehead atoms. The minimum Gasteiger partial charge on any atom is -0.493 e. The van der Waals surface area contributed by atoms with E-state index in [4.69, 9.17) is 32.7 Å². The molecule has 6 nitrogen and oxygen atoms in total. The number of nitriles is 1. The fraction of sp³-hybridized carbons (Fsp3) is 0.0357. The van der Waals surface area contributed by atoms with Crippen LogP contribution >= 0.6 is 23.2 Å². The topological polar surface area (TPSA) is 88.4 Å². The van der Waals surface area contributed by atoms with Crippen LogP contribution in [0.5, 0.6) is 11.5 Å². The molecule has 0 radical (unpaired) electrons. The predicted molar refractivity (Wildman–Crippen MR) is 141 cm³/mol. The van der Waals surface area contributed by atoms with E-state index in [1.165, 1.54) is 25.3 Å². The Hall–Kier alpha value is -4.31. The second-order valence-electron chi connectivity index (χ2n) is 7.57. The third kappa shape index (κ3) is 5.49. The van der Waals surface area contributed by atoms with Gasteiger partial charge in [0.25, 0.3) is 5.91 Å². The van der Waals surface area contributed by atoms with Gasteiger partial charge in [-0.2, -0.15) is 5.26 Å². The normalized spacial score (nSPS) is 11.0. The highest BCUT2D eigenvalue weighted by atomic mass is 35.5. The van der Waals surface area contributed by atoms with E-state index in [1.807, 2.05) is 36.4 Å². The monoisotopic (exact) mass is 516 g/mol. The van der Waals surface area contributed by atoms with E-state index in [2.05, 4.69) is 5.32 Å². The number of fused-ring (bicyclic) bond motifs is 1. The Bertz CT molecular complexity index is 1550. The maximum absolute atomic E-state index is 12.9. The number of methoxy groups -OCH3 is 1. The van der Waals surface area contributed by atoms with Crippen LogP contribution in [-0.4, -0.2) is 19.0 Å². The van der Waals surface area contributed by atoms with Crippen LogP contribution in [0.2, 0.25) is 10.0 Å². The Morgan fingerprint density at radius 1 is 0.944 bits per heavy atom. The van der Waals surface area contributed by atoms with Gasteiger partial charge in [-0.05, 0) is 58.8 Å². The molecule has 4 aromatic rings. The molecule has 0 spiro atoms. The lowest BCUT2D eigenvalue weighted by molar-refractivity contribution is -0.112. The van der Waals surface area contributed by atoms with Crippen molar-refractivity contribution in [1.29, 1.82) is 5.26 Å². The lowest BCUT2D eigenvalue weighted by Crippen LogP contribution is -2.13. The van der Waals surface area contributed by atoms with Crippen LogP contribution < -0.4 is 14.8 Å². The van der Waals surface area contributed by atoms with Gasteiger partial charge in [0, 0.05) is 5.02 Å². The molecule has 0 aliphatic heterocycles. The molecule has 1 amide bonds. The standard InChI is InChI=1S/C28H18Cl2N2O4/c1-35-26-14-17(13-19(16-31)27(33)32-24-15-20(29)10-11-23(24)30)9-12-25(26)36-28(34)22-8-4-6-18-5-2-3-7-21(18)22/h2-15H,1H3,(H,32,33)/b19-13+. The molecule has 0 aliphatic rings. The number of halogens is 2. The summed E-state index contributed by atoms with van der Waals surface area (Å²) in [4.78, 5) is 25.6. The Balaban J connectivity index is 1.57. The highest BCUT2D eigenvalue weighted by Crippen LogP contribution is 2.31. The molecule has 0 aromatic heterocycles. The van der Waals surface area contributed by atoms with Crippen molar-refractivity contribution in [3.05, 3.63) is 106 Å². The summed E-state index contributed by atoms with van der Waals surface area (Å²) < 4.78 is 11.0. The quantitative estimate of drug-likeness (QED) is 0.130. The summed E-state index contributed by atoms with van der Waals surface area (Å²) in [5, 5.41) is 14.5. The summed E-state index contributed by atoms with van der Waals surface area (Å²) in [6, 6.07) is 24.1. The number of carbonyl (C=O) groups is 2. The molecule has 0 atom stereocenters. The largest absolute Gasteiger partial charge is 0.493 e. The van der Waals surface area contributed by atoms with Crippen molar-refractivity contribution in [3.8, 4) is 17.6 Å². The zero-order valence-corrected chi connectivity index (χ0v) is 20.4. The number of ether oxygens (including phenoxy) is 2. The number of hydrogen-bond acceptors (Lipinski definition) is 5. The van der Waals surface area contributed by atoms with Gasteiger partial charge in [0.15, 0.2) is 11.5 Å². The first-order valence-corrected chi connectivity index (χ1v) is 11.4. The first-order valence-electron chi connectivity index (χ1n) is 10.7. The molecule has 0 saturated heterocycles. The Labute approximate surface area is 217 Å². The molecule has 1 N–H and O–H groups in total. The average Bonchev–Trinajstić information content (AvgIpc) is 2.89. The molecule has 4 rings (SSSR count). The molecule has 0 heterocycles. The third-order valence-corrected chi connectivity index (χ3v) is 5.82. The fourth-order valence-electron chi connectivity index (χ4n) is 3.51. The van der Waals surface area contributed by atoms with Crippen molar-refractivity contribution in [2.24, 2.45) is 0 Å². The minimum atomic E-state index is -0.660. The number of benzene rings is 4. The van der Waals surface area contributed by atoms with Gasteiger partial charge in [-0.25, -0.2) is 4.79 Å². The van der Waals surface area contributed by atoms with E-state index >= 15 is 0 Å². The number of hydrogen-bond donors (Lipinski definition) is 1. The fourth-order valence-corrected chi connectivity index (χ4v) is 3.85. The van der Waals surface area contributed by atoms with Crippen LogP contribution in [0.25, 0.3) is 16.8 Å². The lowest BCUT2D eigenvalue weighted by Gasteiger charge is -2.11. The summed E-state index contributed by atoms with van der Waals surface area (Å²) in [5.74, 6) is -0.745. The molecule has 0 fully saturated rings. The zero-order chi connectivity index (χ0) is 25.7. The second-order valence-corrected chi connectivity index (χ2v) is 8.42. The van der Waals surface area contributed by atoms with Gasteiger partial charge in [0.2, 0.25) is 0 Å². The van der Waals surface area contributed by atoms with Crippen molar-refractivity contribution < 1.29 is 19.1 Å². The Kier molecular flexibility index (Phi) is 7.55. The first kappa shape index (κ1) is 24.8. The molecular weight excluding hydrogens is 499 g/mol. The maximum Gasteiger partial charge on any atom is 0.344 e. The van der Waals surface area contributed by atoms with Crippen LogP contribution in [0, 0.1) is 11.3 Å². The van der Waals surface area contributed by atoms with E-state index in [-0.39, 0.29) is 27.8 Å². The van der Waals surface area contributed by atoms with Crippen molar-refractivity contribution >= 4 is 57.6 Å². The van der Waals surface area contributed by atoms with Crippen molar-refractivity contribution in [3.63, 3.8) is 0 Å². The van der Waals surface area contributed by atoms with E-state index in [1.54, 1.807) is 36.4 Å². The highest BCUT2D eigenvalue weighted by Gasteiger charge is 2.16. The number of esters is 1. The van der Waals surface area contributed by atoms with Crippen LogP contribution in [0.3, 0.4) is 0 Å². The highest BCUT2D eigenvalue weighted by molar-refractivity contribution is 6.36. The first-order chi connectivity index (χ1) is 17.4. The molecular formula is C28H18Cl2N2O4. The van der Waals surface area contributed by atoms with E-state index < -0.39 is 11.9 Å². The molecule has 178 valence electrons. The van der Waals surface area contributed by atoms with Crippen molar-refractivity contribution in [2.45, 2.75) is 0 Å². The molecule has 0 aliphatic carbocycles. The van der Waals surface area contributed by atoms with Crippen LogP contribution in [0.4, 0.5) is 5.69 Å². The Morgan fingerprint density at radius 2 is 1.72 bits per heavy atom. The van der Waals surface area contributed by atoms with E-state index in [0.29, 0.717) is 16.1 Å². The van der Waals surface area contributed by atoms with E-state index in [0.717, 1.165) is 10.8 Å². The summed E-state index contributed by atoms with van der Waals surface area (Å²) >= 11 is 12.0. The minimum absolute atomic E-state index is 0.173. The van der Waals surface area contributed by atoms with Crippen LogP contribution in [0.15, 0.2) is 84.4 Å². The van der Waals surface area contributed by atoms with Gasteiger partial charge < -0.3 is 14.8 Å². The zero-order valence-electron chi connectivity index (χ0n) is 18.9. The predicted octanol–water partition coefficient (Wildman–Crippen LogP) is 6.92. The maximum atomic E-state index is 12.9. The molecule has 0 saturated carbocycles. The number of amides is 1. The smallest absolute Gasteiger partial charge is 0.344 e. The number of carbonyl (C=O) groups excluding carboxylic acids is 2. The third-order valence-electron chi connectivity index (χ3n) is 5.25. The summed E-state index contributed by atoms with van der Waals surface area (Å²) in [6.07, 6.45) is 1.38. The lowest BCUT2D eigenvalue weighted by atomic mass is 10.0. The molecule has 36 heavy (non-hydrogen) atoms. The summed E-state index contributed by atoms with van der Waals surface area (Å²) in [7, 11) is 1.43. The SMILES string of the molecule is COc1cc(/C=C(\C#N)C(=O)Nc2cc(Cl)ccc2Cl)ccc1OC(=O)c1cccc2ccccc12. The average molecular weight is 517 g/mol. The van der Waals surface area contributed by atoms with Crippen LogP contribution in [0.1, 0.15) is 15.9 Å². The van der Waals surface area contributed by atoms with Gasteiger partial charge in [0.05, 0.1) is 23.4 Å². The summed E-state index contributed by atoms with van der Waals surface area (Å²) in [5.41, 5.74) is 1.01. The summed E-state index contributed by atoms with van der Waals surface area (Å²) in [6.45, 7) is 0. The van der Waals surface area contributed by atoms with Gasteiger partial charge in [0.1, 0.15) is 11.6 Å². The Morgan fingerprint density at radius 3 is 2.50 bits per heavy atom. The molecule has 0 unspecified atom stereocenters. The number of nitrogens with one attached hydrogen (secondary N) is 1.